The fourth-order valence-corrected chi connectivity index (χ4v) is 3.64. The lowest BCUT2D eigenvalue weighted by atomic mass is 9.98. The summed E-state index contributed by atoms with van der Waals surface area (Å²) in [5.41, 5.74) is 6.76. The van der Waals surface area contributed by atoms with Crippen LogP contribution >= 0.6 is 0 Å². The molecule has 1 aromatic carbocycles. The van der Waals surface area contributed by atoms with Gasteiger partial charge in [0.2, 0.25) is 5.91 Å². The van der Waals surface area contributed by atoms with E-state index >= 15 is 0 Å². The van der Waals surface area contributed by atoms with E-state index in [-0.39, 0.29) is 37.2 Å². The van der Waals surface area contributed by atoms with Crippen LogP contribution in [0.5, 0.6) is 0 Å². The number of imide groups is 1. The first kappa shape index (κ1) is 29.3. The van der Waals surface area contributed by atoms with Gasteiger partial charge in [-0.3, -0.25) is 9.59 Å². The molecular weight excluding hydrogens is 434 g/mol. The molecule has 8 nitrogen and oxygen atoms in total. The smallest absolute Gasteiger partial charge is 0.417 e. The van der Waals surface area contributed by atoms with Gasteiger partial charge in [0.25, 0.3) is 5.91 Å². The maximum Gasteiger partial charge on any atom is 0.417 e. The largest absolute Gasteiger partial charge is 0.444 e. The fourth-order valence-electron chi connectivity index (χ4n) is 3.64. The second kappa shape index (κ2) is 14.5. The van der Waals surface area contributed by atoms with Gasteiger partial charge in [-0.1, -0.05) is 71.9 Å². The molecule has 0 aliphatic rings. The molecule has 3 amide bonds. The first-order valence-corrected chi connectivity index (χ1v) is 12.0. The molecule has 1 rings (SSSR count). The third-order valence-electron chi connectivity index (χ3n) is 5.22. The van der Waals surface area contributed by atoms with Gasteiger partial charge in [0, 0.05) is 0 Å². The molecule has 3 atom stereocenters. The van der Waals surface area contributed by atoms with Crippen LogP contribution in [-0.2, 0) is 25.7 Å². The van der Waals surface area contributed by atoms with Crippen molar-refractivity contribution in [3.05, 3.63) is 35.9 Å². The topological polar surface area (TPSA) is 119 Å². The molecule has 0 saturated carbocycles. The van der Waals surface area contributed by atoms with E-state index in [0.717, 1.165) is 10.5 Å². The summed E-state index contributed by atoms with van der Waals surface area (Å²) in [4.78, 5) is 52.2. The van der Waals surface area contributed by atoms with E-state index in [1.54, 1.807) is 12.1 Å². The van der Waals surface area contributed by atoms with Crippen LogP contribution in [0.25, 0.3) is 0 Å². The zero-order chi connectivity index (χ0) is 25.8. The van der Waals surface area contributed by atoms with Crippen LogP contribution in [0.15, 0.2) is 30.3 Å². The Kier molecular flexibility index (Phi) is 12.5. The SMILES string of the molecule is CC(C)C[C@H](NC(=O)[C@@H](N)CC(C)C)C(=O)N(C(=O)OCc1ccccc1)[C@H](C=O)CC(C)C. The number of hydrogen-bond donors (Lipinski definition) is 2. The van der Waals surface area contributed by atoms with Crippen molar-refractivity contribution < 1.29 is 23.9 Å². The Balaban J connectivity index is 3.18. The van der Waals surface area contributed by atoms with Gasteiger partial charge >= 0.3 is 6.09 Å². The zero-order valence-electron chi connectivity index (χ0n) is 21.3. The van der Waals surface area contributed by atoms with E-state index in [0.29, 0.717) is 12.7 Å². The minimum absolute atomic E-state index is 0.0394. The van der Waals surface area contributed by atoms with Gasteiger partial charge in [0.15, 0.2) is 0 Å². The van der Waals surface area contributed by atoms with E-state index in [1.165, 1.54) is 0 Å². The Bertz CT molecular complexity index is 795. The predicted molar refractivity (Wildman–Crippen MR) is 132 cm³/mol. The summed E-state index contributed by atoms with van der Waals surface area (Å²) in [5, 5.41) is 2.72. The summed E-state index contributed by atoms with van der Waals surface area (Å²) < 4.78 is 5.41. The molecule has 34 heavy (non-hydrogen) atoms. The summed E-state index contributed by atoms with van der Waals surface area (Å²) in [6, 6.07) is 6.26. The average Bonchev–Trinajstić information content (AvgIpc) is 2.76. The second-order valence-corrected chi connectivity index (χ2v) is 10.0. The van der Waals surface area contributed by atoms with E-state index in [2.05, 4.69) is 5.32 Å². The second-order valence-electron chi connectivity index (χ2n) is 10.0. The zero-order valence-corrected chi connectivity index (χ0v) is 21.3. The minimum Gasteiger partial charge on any atom is -0.444 e. The molecule has 0 heterocycles. The molecule has 0 radical (unpaired) electrons. The molecule has 190 valence electrons. The van der Waals surface area contributed by atoms with Gasteiger partial charge < -0.3 is 20.6 Å². The van der Waals surface area contributed by atoms with Crippen molar-refractivity contribution in [3.63, 3.8) is 0 Å². The molecule has 8 heteroatoms. The highest BCUT2D eigenvalue weighted by Gasteiger charge is 2.37. The van der Waals surface area contributed by atoms with Crippen molar-refractivity contribution in [2.24, 2.45) is 23.5 Å². The van der Waals surface area contributed by atoms with Crippen LogP contribution < -0.4 is 11.1 Å². The summed E-state index contributed by atoms with van der Waals surface area (Å²) in [7, 11) is 0. The number of rotatable bonds is 13. The number of benzene rings is 1. The third kappa shape index (κ3) is 10.0. The molecule has 3 N–H and O–H groups in total. The van der Waals surface area contributed by atoms with Gasteiger partial charge in [-0.25, -0.2) is 9.69 Å². The quantitative estimate of drug-likeness (QED) is 0.420. The van der Waals surface area contributed by atoms with Gasteiger partial charge in [-0.2, -0.15) is 0 Å². The van der Waals surface area contributed by atoms with Crippen LogP contribution in [0.4, 0.5) is 4.79 Å². The van der Waals surface area contributed by atoms with E-state index < -0.39 is 36.0 Å². The van der Waals surface area contributed by atoms with Crippen molar-refractivity contribution >= 4 is 24.2 Å². The monoisotopic (exact) mass is 475 g/mol. The number of amides is 3. The standard InChI is InChI=1S/C26H41N3O5/c1-17(2)12-21(15-30)29(26(33)34-16-20-10-8-7-9-11-20)25(32)23(14-19(5)6)28-24(31)22(27)13-18(3)4/h7-11,15,17-19,21-23H,12-14,16,27H2,1-6H3,(H,28,31)/t21-,22-,23-/m0/s1. The summed E-state index contributed by atoms with van der Waals surface area (Å²) in [5.74, 6) is -0.844. The number of nitrogens with zero attached hydrogens (tertiary/aromatic N) is 1. The predicted octanol–water partition coefficient (Wildman–Crippen LogP) is 3.67. The molecular formula is C26H41N3O5. The number of aldehydes is 1. The molecule has 0 aliphatic heterocycles. The Morgan fingerprint density at radius 1 is 0.941 bits per heavy atom. The van der Waals surface area contributed by atoms with Crippen molar-refractivity contribution in [2.75, 3.05) is 0 Å². The lowest BCUT2D eigenvalue weighted by Gasteiger charge is -2.31. The fraction of sp³-hybridized carbons (Fsp3) is 0.615. The van der Waals surface area contributed by atoms with Crippen LogP contribution in [0.1, 0.15) is 66.4 Å². The first-order valence-electron chi connectivity index (χ1n) is 12.0. The Morgan fingerprint density at radius 3 is 2.00 bits per heavy atom. The summed E-state index contributed by atoms with van der Waals surface area (Å²) in [6.45, 7) is 11.5. The van der Waals surface area contributed by atoms with Crippen LogP contribution in [-0.4, -0.2) is 47.2 Å². The Morgan fingerprint density at radius 2 is 1.50 bits per heavy atom. The highest BCUT2D eigenvalue weighted by atomic mass is 16.6. The molecule has 1 aromatic rings. The maximum absolute atomic E-state index is 13.6. The van der Waals surface area contributed by atoms with Gasteiger partial charge in [0.1, 0.15) is 18.9 Å². The maximum atomic E-state index is 13.6. The number of nitrogens with one attached hydrogen (secondary N) is 1. The highest BCUT2D eigenvalue weighted by Crippen LogP contribution is 2.17. The number of nitrogens with two attached hydrogens (primary N) is 1. The van der Waals surface area contributed by atoms with Crippen LogP contribution in [0, 0.1) is 17.8 Å². The van der Waals surface area contributed by atoms with Gasteiger partial charge in [0.05, 0.1) is 12.1 Å². The molecule has 0 bridgehead atoms. The first-order chi connectivity index (χ1) is 16.0. The number of carbonyl (C=O) groups is 4. The molecule has 0 aliphatic carbocycles. The van der Waals surface area contributed by atoms with Crippen molar-refractivity contribution in [2.45, 2.75) is 85.5 Å². The van der Waals surface area contributed by atoms with Crippen molar-refractivity contribution in [1.82, 2.24) is 10.2 Å². The van der Waals surface area contributed by atoms with Gasteiger partial charge in [-0.05, 0) is 42.6 Å². The number of carbonyl (C=O) groups excluding carboxylic acids is 4. The molecule has 0 aromatic heterocycles. The number of hydrogen-bond acceptors (Lipinski definition) is 6. The van der Waals surface area contributed by atoms with Crippen LogP contribution in [0.2, 0.25) is 0 Å². The lowest BCUT2D eigenvalue weighted by molar-refractivity contribution is -0.139. The van der Waals surface area contributed by atoms with Crippen LogP contribution in [0.3, 0.4) is 0 Å². The van der Waals surface area contributed by atoms with Gasteiger partial charge in [-0.15, -0.1) is 0 Å². The Labute approximate surface area is 203 Å². The van der Waals surface area contributed by atoms with E-state index in [1.807, 2.05) is 59.7 Å². The van der Waals surface area contributed by atoms with Crippen molar-refractivity contribution in [3.8, 4) is 0 Å². The van der Waals surface area contributed by atoms with Crippen molar-refractivity contribution in [1.29, 1.82) is 0 Å². The third-order valence-corrected chi connectivity index (χ3v) is 5.22. The Hall–Kier alpha value is -2.74. The highest BCUT2D eigenvalue weighted by molar-refractivity contribution is 5.99. The molecule has 0 unspecified atom stereocenters. The average molecular weight is 476 g/mol. The molecule has 0 spiro atoms. The van der Waals surface area contributed by atoms with E-state index in [9.17, 15) is 19.2 Å². The van der Waals surface area contributed by atoms with E-state index in [4.69, 9.17) is 10.5 Å². The summed E-state index contributed by atoms with van der Waals surface area (Å²) in [6.07, 6.45) is 0.697. The molecule has 0 saturated heterocycles. The lowest BCUT2D eigenvalue weighted by Crippen LogP contribution is -2.57. The summed E-state index contributed by atoms with van der Waals surface area (Å²) >= 11 is 0. The minimum atomic E-state index is -1.01. The molecule has 0 fully saturated rings. The number of ether oxygens (including phenoxy) is 1. The normalized spacial score (nSPS) is 13.9.